The maximum Gasteiger partial charge on any atom is 0.240 e. The normalized spacial score (nSPS) is 11.6. The zero-order valence-corrected chi connectivity index (χ0v) is 12.4. The van der Waals surface area contributed by atoms with Gasteiger partial charge in [0.1, 0.15) is 0 Å². The predicted octanol–water partition coefficient (Wildman–Crippen LogP) is 2.84. The molecule has 0 unspecified atom stereocenters. The van der Waals surface area contributed by atoms with Gasteiger partial charge in [-0.2, -0.15) is 0 Å². The van der Waals surface area contributed by atoms with Crippen molar-refractivity contribution >= 4 is 26.0 Å². The van der Waals surface area contributed by atoms with Crippen molar-refractivity contribution in [1.82, 2.24) is 4.72 Å². The molecule has 5 heteroatoms. The number of sulfonamides is 1. The largest absolute Gasteiger partial charge is 0.240 e. The maximum atomic E-state index is 11.9. The topological polar surface area (TPSA) is 46.2 Å². The first-order valence-electron chi connectivity index (χ1n) is 5.68. The van der Waals surface area contributed by atoms with E-state index in [1.54, 1.807) is 18.2 Å². The van der Waals surface area contributed by atoms with Crippen molar-refractivity contribution in [3.05, 3.63) is 29.8 Å². The molecule has 0 atom stereocenters. The van der Waals surface area contributed by atoms with Crippen molar-refractivity contribution in [2.75, 3.05) is 11.9 Å². The van der Waals surface area contributed by atoms with Crippen molar-refractivity contribution in [3.63, 3.8) is 0 Å². The van der Waals surface area contributed by atoms with Gasteiger partial charge in [0, 0.05) is 11.9 Å². The van der Waals surface area contributed by atoms with Gasteiger partial charge in [-0.1, -0.05) is 34.5 Å². The number of aryl methyl sites for hydroxylation is 1. The van der Waals surface area contributed by atoms with Crippen LogP contribution in [0.25, 0.3) is 0 Å². The highest BCUT2D eigenvalue weighted by Crippen LogP contribution is 2.10. The second kappa shape index (κ2) is 7.13. The van der Waals surface area contributed by atoms with Gasteiger partial charge in [-0.25, -0.2) is 13.1 Å². The van der Waals surface area contributed by atoms with E-state index in [1.807, 2.05) is 13.0 Å². The van der Waals surface area contributed by atoms with Crippen LogP contribution in [0.15, 0.2) is 29.2 Å². The van der Waals surface area contributed by atoms with Crippen LogP contribution in [0, 0.1) is 6.92 Å². The van der Waals surface area contributed by atoms with E-state index in [9.17, 15) is 8.42 Å². The molecule has 1 rings (SSSR count). The van der Waals surface area contributed by atoms with Crippen LogP contribution in [0.3, 0.4) is 0 Å². The highest BCUT2D eigenvalue weighted by molar-refractivity contribution is 9.09. The fourth-order valence-corrected chi connectivity index (χ4v) is 3.04. The minimum atomic E-state index is -3.33. The smallest absolute Gasteiger partial charge is 0.211 e. The molecule has 0 spiro atoms. The quantitative estimate of drug-likeness (QED) is 0.620. The van der Waals surface area contributed by atoms with Crippen LogP contribution in [-0.2, 0) is 10.0 Å². The van der Waals surface area contributed by atoms with Crippen LogP contribution >= 0.6 is 15.9 Å². The van der Waals surface area contributed by atoms with Crippen molar-refractivity contribution in [1.29, 1.82) is 0 Å². The number of alkyl halides is 1. The van der Waals surface area contributed by atoms with Crippen LogP contribution in [0.5, 0.6) is 0 Å². The van der Waals surface area contributed by atoms with E-state index in [1.165, 1.54) is 0 Å². The van der Waals surface area contributed by atoms with Gasteiger partial charge in [0.15, 0.2) is 0 Å². The Kier molecular flexibility index (Phi) is 6.16. The molecular weight excluding hydrogens is 302 g/mol. The van der Waals surface area contributed by atoms with E-state index in [0.29, 0.717) is 11.4 Å². The Hall–Kier alpha value is -0.390. The Morgan fingerprint density at radius 2 is 2.00 bits per heavy atom. The van der Waals surface area contributed by atoms with Crippen LogP contribution in [-0.4, -0.2) is 20.3 Å². The molecule has 0 aliphatic rings. The molecule has 0 saturated carbocycles. The number of rotatable bonds is 7. The third-order valence-electron chi connectivity index (χ3n) is 2.40. The highest BCUT2D eigenvalue weighted by Gasteiger charge is 2.12. The summed E-state index contributed by atoms with van der Waals surface area (Å²) in [5.41, 5.74) is 0.951. The van der Waals surface area contributed by atoms with Crippen LogP contribution in [0.2, 0.25) is 0 Å². The van der Waals surface area contributed by atoms with Gasteiger partial charge in [-0.05, 0) is 37.5 Å². The van der Waals surface area contributed by atoms with Crippen molar-refractivity contribution in [2.24, 2.45) is 0 Å². The van der Waals surface area contributed by atoms with Crippen LogP contribution in [0.1, 0.15) is 24.8 Å². The molecule has 0 fully saturated rings. The second-order valence-corrected chi connectivity index (χ2v) is 6.52. The van der Waals surface area contributed by atoms with Crippen LogP contribution < -0.4 is 4.72 Å². The van der Waals surface area contributed by atoms with E-state index < -0.39 is 10.0 Å². The minimum absolute atomic E-state index is 0.345. The molecule has 0 radical (unpaired) electrons. The molecule has 3 nitrogen and oxygen atoms in total. The number of unbranched alkanes of at least 4 members (excludes halogenated alkanes) is 2. The second-order valence-electron chi connectivity index (χ2n) is 3.96. The van der Waals surface area contributed by atoms with Gasteiger partial charge < -0.3 is 0 Å². The summed E-state index contributed by atoms with van der Waals surface area (Å²) in [5.74, 6) is 0. The highest BCUT2D eigenvalue weighted by atomic mass is 79.9. The van der Waals surface area contributed by atoms with Crippen molar-refractivity contribution in [2.45, 2.75) is 31.1 Å². The van der Waals surface area contributed by atoms with Crippen LogP contribution in [0.4, 0.5) is 0 Å². The van der Waals surface area contributed by atoms with Gasteiger partial charge in [0.05, 0.1) is 4.90 Å². The monoisotopic (exact) mass is 319 g/mol. The van der Waals surface area contributed by atoms with Gasteiger partial charge >= 0.3 is 0 Å². The van der Waals surface area contributed by atoms with Crippen molar-refractivity contribution in [3.8, 4) is 0 Å². The zero-order valence-electron chi connectivity index (χ0n) is 9.95. The minimum Gasteiger partial charge on any atom is -0.211 e. The molecule has 0 bridgehead atoms. The van der Waals surface area contributed by atoms with Gasteiger partial charge in [-0.3, -0.25) is 0 Å². The predicted molar refractivity (Wildman–Crippen MR) is 74.0 cm³/mol. The lowest BCUT2D eigenvalue weighted by molar-refractivity contribution is 0.576. The van der Waals surface area contributed by atoms with E-state index in [2.05, 4.69) is 20.7 Å². The molecule has 17 heavy (non-hydrogen) atoms. The first-order valence-corrected chi connectivity index (χ1v) is 8.29. The molecule has 0 heterocycles. The summed E-state index contributed by atoms with van der Waals surface area (Å²) in [5, 5.41) is 0.970. The standard InChI is InChI=1S/C12H18BrNO2S/c1-11-6-5-7-12(10-11)17(15,16)14-9-4-2-3-8-13/h5-7,10,14H,2-4,8-9H2,1H3. The average molecular weight is 320 g/mol. The molecule has 0 amide bonds. The zero-order chi connectivity index (χ0) is 12.7. The third-order valence-corrected chi connectivity index (χ3v) is 4.42. The lowest BCUT2D eigenvalue weighted by atomic mass is 10.2. The van der Waals surface area contributed by atoms with E-state index >= 15 is 0 Å². The van der Waals surface area contributed by atoms with E-state index in [4.69, 9.17) is 0 Å². The fraction of sp³-hybridized carbons (Fsp3) is 0.500. The van der Waals surface area contributed by atoms with Gasteiger partial charge in [-0.15, -0.1) is 0 Å². The molecule has 1 N–H and O–H groups in total. The summed E-state index contributed by atoms with van der Waals surface area (Å²) < 4.78 is 26.4. The molecule has 0 saturated heterocycles. The summed E-state index contributed by atoms with van der Waals surface area (Å²) in [6.07, 6.45) is 2.98. The molecular formula is C12H18BrNO2S. The first-order chi connectivity index (χ1) is 8.06. The Balaban J connectivity index is 2.51. The Bertz CT molecular complexity index is 446. The van der Waals surface area contributed by atoms with E-state index in [0.717, 1.165) is 30.2 Å². The number of benzene rings is 1. The molecule has 0 aliphatic carbocycles. The average Bonchev–Trinajstić information content (AvgIpc) is 2.29. The Labute approximate surface area is 112 Å². The SMILES string of the molecule is Cc1cccc(S(=O)(=O)NCCCCCBr)c1. The van der Waals surface area contributed by atoms with Gasteiger partial charge in [0.2, 0.25) is 10.0 Å². The fourth-order valence-electron chi connectivity index (χ4n) is 1.47. The molecule has 1 aromatic carbocycles. The lowest BCUT2D eigenvalue weighted by Gasteiger charge is -2.07. The summed E-state index contributed by atoms with van der Waals surface area (Å²) in [6, 6.07) is 6.94. The third kappa shape index (κ3) is 5.19. The molecule has 1 aromatic rings. The summed E-state index contributed by atoms with van der Waals surface area (Å²) in [7, 11) is -3.33. The maximum absolute atomic E-state index is 11.9. The van der Waals surface area contributed by atoms with Gasteiger partial charge in [0.25, 0.3) is 0 Å². The number of hydrogen-bond donors (Lipinski definition) is 1. The lowest BCUT2D eigenvalue weighted by Crippen LogP contribution is -2.24. The number of hydrogen-bond acceptors (Lipinski definition) is 2. The Morgan fingerprint density at radius 1 is 1.24 bits per heavy atom. The Morgan fingerprint density at radius 3 is 2.65 bits per heavy atom. The first kappa shape index (κ1) is 14.7. The summed E-state index contributed by atoms with van der Waals surface area (Å²) in [4.78, 5) is 0.345. The molecule has 0 aliphatic heterocycles. The van der Waals surface area contributed by atoms with Crippen molar-refractivity contribution < 1.29 is 8.42 Å². The summed E-state index contributed by atoms with van der Waals surface area (Å²) in [6.45, 7) is 2.39. The number of nitrogens with one attached hydrogen (secondary N) is 1. The number of halogens is 1. The molecule has 0 aromatic heterocycles. The molecule has 96 valence electrons. The summed E-state index contributed by atoms with van der Waals surface area (Å²) >= 11 is 3.35. The van der Waals surface area contributed by atoms with E-state index in [-0.39, 0.29) is 0 Å².